The van der Waals surface area contributed by atoms with E-state index in [9.17, 15) is 8.42 Å². The molecule has 8 heteroatoms. The topological polar surface area (TPSA) is 64.8 Å². The third-order valence-corrected chi connectivity index (χ3v) is 6.35. The average molecular weight is 427 g/mol. The minimum Gasteiger partial charge on any atom is -0.217 e. The van der Waals surface area contributed by atoms with Crippen LogP contribution in [0.2, 0.25) is 5.02 Å². The second-order valence-electron chi connectivity index (χ2n) is 5.28. The minimum absolute atomic E-state index is 0.0680. The number of aromatic nitrogens is 3. The van der Waals surface area contributed by atoms with Crippen LogP contribution in [0.25, 0.3) is 5.69 Å². The monoisotopic (exact) mass is 425 g/mol. The zero-order valence-electron chi connectivity index (χ0n) is 12.9. The van der Waals surface area contributed by atoms with E-state index in [1.807, 2.05) is 19.1 Å². The van der Waals surface area contributed by atoms with Gasteiger partial charge in [0.15, 0.2) is 0 Å². The van der Waals surface area contributed by atoms with E-state index in [2.05, 4.69) is 26.2 Å². The Morgan fingerprint density at radius 2 is 1.75 bits per heavy atom. The average Bonchev–Trinajstić information content (AvgIpc) is 2.93. The maximum Gasteiger partial charge on any atom is 0.227 e. The van der Waals surface area contributed by atoms with Gasteiger partial charge < -0.3 is 0 Å². The summed E-state index contributed by atoms with van der Waals surface area (Å²) in [5.41, 5.74) is 2.02. The number of halogens is 2. The summed E-state index contributed by atoms with van der Waals surface area (Å²) < 4.78 is 27.8. The lowest BCUT2D eigenvalue weighted by atomic mass is 10.2. The summed E-state index contributed by atoms with van der Waals surface area (Å²) >= 11 is 9.43. The zero-order chi connectivity index (χ0) is 17.5. The van der Waals surface area contributed by atoms with Crippen LogP contribution in [-0.4, -0.2) is 23.4 Å². The smallest absolute Gasteiger partial charge is 0.217 e. The van der Waals surface area contributed by atoms with E-state index in [4.69, 9.17) is 11.6 Å². The molecule has 0 aliphatic carbocycles. The van der Waals surface area contributed by atoms with Crippen molar-refractivity contribution in [2.45, 2.75) is 23.8 Å². The van der Waals surface area contributed by atoms with Crippen LogP contribution in [0.3, 0.4) is 0 Å². The Hall–Kier alpha value is -1.70. The van der Waals surface area contributed by atoms with Crippen molar-refractivity contribution in [3.8, 4) is 5.69 Å². The lowest BCUT2D eigenvalue weighted by molar-refractivity contribution is 0.591. The molecule has 24 heavy (non-hydrogen) atoms. The molecule has 0 aliphatic heterocycles. The Morgan fingerprint density at radius 1 is 1.08 bits per heavy atom. The molecule has 2 aromatic carbocycles. The summed E-state index contributed by atoms with van der Waals surface area (Å²) in [6.07, 6.45) is 0. The Morgan fingerprint density at radius 3 is 2.38 bits per heavy atom. The first-order chi connectivity index (χ1) is 11.3. The maximum absolute atomic E-state index is 12.8. The van der Waals surface area contributed by atoms with Gasteiger partial charge in [0.1, 0.15) is 0 Å². The maximum atomic E-state index is 12.8. The molecule has 3 aromatic rings. The first-order valence-electron chi connectivity index (χ1n) is 7.00. The number of sulfone groups is 1. The fraction of sp³-hybridized carbons (Fsp3) is 0.125. The van der Waals surface area contributed by atoms with Crippen LogP contribution in [-0.2, 0) is 9.84 Å². The molecule has 0 saturated carbocycles. The lowest BCUT2D eigenvalue weighted by Gasteiger charge is -2.06. The van der Waals surface area contributed by atoms with Crippen LogP contribution >= 0.6 is 27.5 Å². The molecule has 0 spiro atoms. The minimum atomic E-state index is -3.74. The molecule has 0 fully saturated rings. The predicted octanol–water partition coefficient (Wildman–Crippen LogP) is 4.13. The molecule has 0 N–H and O–H groups in total. The van der Waals surface area contributed by atoms with Crippen molar-refractivity contribution in [3.05, 3.63) is 63.2 Å². The van der Waals surface area contributed by atoms with Gasteiger partial charge in [-0.3, -0.25) is 0 Å². The number of benzene rings is 2. The summed E-state index contributed by atoms with van der Waals surface area (Å²) in [7, 11) is -3.74. The van der Waals surface area contributed by atoms with Gasteiger partial charge >= 0.3 is 0 Å². The van der Waals surface area contributed by atoms with Gasteiger partial charge in [0.25, 0.3) is 0 Å². The van der Waals surface area contributed by atoms with Gasteiger partial charge in [-0.05, 0) is 55.8 Å². The van der Waals surface area contributed by atoms with Crippen molar-refractivity contribution >= 4 is 37.4 Å². The largest absolute Gasteiger partial charge is 0.227 e. The number of aryl methyl sites for hydroxylation is 1. The SMILES string of the molecule is Cc1ccc(-n2nnc(S(=O)(=O)c3ccc(Br)cc3)c2C)cc1Cl. The Kier molecular flexibility index (Phi) is 4.50. The third-order valence-electron chi connectivity index (χ3n) is 3.63. The molecular formula is C16H13BrClN3O2S. The summed E-state index contributed by atoms with van der Waals surface area (Å²) in [5, 5.41) is 8.39. The summed E-state index contributed by atoms with van der Waals surface area (Å²) in [4.78, 5) is 0.169. The molecule has 1 heterocycles. The predicted molar refractivity (Wildman–Crippen MR) is 95.4 cm³/mol. The van der Waals surface area contributed by atoms with Crippen molar-refractivity contribution in [2.75, 3.05) is 0 Å². The zero-order valence-corrected chi connectivity index (χ0v) is 16.0. The number of hydrogen-bond acceptors (Lipinski definition) is 4. The van der Waals surface area contributed by atoms with E-state index in [-0.39, 0.29) is 9.92 Å². The van der Waals surface area contributed by atoms with Crippen LogP contribution < -0.4 is 0 Å². The standard InChI is InChI=1S/C16H13BrClN3O2S/c1-10-3-6-13(9-15(10)18)21-11(2)16(19-20-21)24(22,23)14-7-4-12(17)5-8-14/h3-9H,1-2H3. The van der Waals surface area contributed by atoms with Gasteiger partial charge in [0.2, 0.25) is 14.9 Å². The highest BCUT2D eigenvalue weighted by molar-refractivity contribution is 9.10. The second-order valence-corrected chi connectivity index (χ2v) is 8.47. The quantitative estimate of drug-likeness (QED) is 0.631. The molecule has 1 aromatic heterocycles. The van der Waals surface area contributed by atoms with Crippen LogP contribution in [0, 0.1) is 13.8 Å². The fourth-order valence-electron chi connectivity index (χ4n) is 2.25. The van der Waals surface area contributed by atoms with Gasteiger partial charge in [-0.25, -0.2) is 13.1 Å². The summed E-state index contributed by atoms with van der Waals surface area (Å²) in [6.45, 7) is 3.56. The van der Waals surface area contributed by atoms with E-state index in [1.165, 1.54) is 16.8 Å². The Balaban J connectivity index is 2.09. The highest BCUT2D eigenvalue weighted by Gasteiger charge is 2.25. The van der Waals surface area contributed by atoms with Crippen molar-refractivity contribution in [2.24, 2.45) is 0 Å². The molecule has 124 valence electrons. The molecule has 0 radical (unpaired) electrons. The van der Waals surface area contributed by atoms with Gasteiger partial charge in [0.05, 0.1) is 16.3 Å². The second kappa shape index (κ2) is 6.31. The molecule has 0 unspecified atom stereocenters. The van der Waals surface area contributed by atoms with Gasteiger partial charge in [0, 0.05) is 9.50 Å². The van der Waals surface area contributed by atoms with E-state index < -0.39 is 9.84 Å². The van der Waals surface area contributed by atoms with E-state index in [0.29, 0.717) is 16.4 Å². The van der Waals surface area contributed by atoms with E-state index in [0.717, 1.165) is 10.0 Å². The van der Waals surface area contributed by atoms with Crippen LogP contribution in [0.15, 0.2) is 56.9 Å². The normalized spacial score (nSPS) is 11.7. The first-order valence-corrected chi connectivity index (χ1v) is 9.65. The molecule has 0 amide bonds. The van der Waals surface area contributed by atoms with E-state index in [1.54, 1.807) is 25.1 Å². The lowest BCUT2D eigenvalue weighted by Crippen LogP contribution is -2.05. The molecule has 0 atom stereocenters. The van der Waals surface area contributed by atoms with Crippen LogP contribution in [0.5, 0.6) is 0 Å². The Labute approximate surface area is 153 Å². The van der Waals surface area contributed by atoms with Gasteiger partial charge in [-0.2, -0.15) is 0 Å². The molecular weight excluding hydrogens is 414 g/mol. The molecule has 0 bridgehead atoms. The highest BCUT2D eigenvalue weighted by atomic mass is 79.9. The number of hydrogen-bond donors (Lipinski definition) is 0. The summed E-state index contributed by atoms with van der Waals surface area (Å²) in [6, 6.07) is 11.8. The third kappa shape index (κ3) is 2.99. The molecule has 3 rings (SSSR count). The molecule has 0 aliphatic rings. The van der Waals surface area contributed by atoms with Crippen molar-refractivity contribution < 1.29 is 8.42 Å². The van der Waals surface area contributed by atoms with Crippen molar-refractivity contribution in [1.29, 1.82) is 0 Å². The number of nitrogens with zero attached hydrogens (tertiary/aromatic N) is 3. The van der Waals surface area contributed by atoms with Gasteiger partial charge in [-0.1, -0.05) is 38.8 Å². The van der Waals surface area contributed by atoms with Gasteiger partial charge in [-0.15, -0.1) is 5.10 Å². The summed E-state index contributed by atoms with van der Waals surface area (Å²) in [5.74, 6) is 0. The van der Waals surface area contributed by atoms with E-state index >= 15 is 0 Å². The highest BCUT2D eigenvalue weighted by Crippen LogP contribution is 2.26. The number of rotatable bonds is 3. The van der Waals surface area contributed by atoms with Crippen LogP contribution in [0.1, 0.15) is 11.3 Å². The van der Waals surface area contributed by atoms with Crippen molar-refractivity contribution in [3.63, 3.8) is 0 Å². The molecule has 0 saturated heterocycles. The Bertz CT molecular complexity index is 1010. The fourth-order valence-corrected chi connectivity index (χ4v) is 4.02. The first kappa shape index (κ1) is 17.1. The molecule has 5 nitrogen and oxygen atoms in total. The van der Waals surface area contributed by atoms with Crippen LogP contribution in [0.4, 0.5) is 0 Å². The van der Waals surface area contributed by atoms with Crippen molar-refractivity contribution in [1.82, 2.24) is 15.0 Å².